The molecular weight excluding hydrogens is 538 g/mol. The van der Waals surface area contributed by atoms with E-state index in [-0.39, 0.29) is 23.4 Å². The average molecular weight is 578 g/mol. The van der Waals surface area contributed by atoms with Crippen LogP contribution in [0.1, 0.15) is 50.2 Å². The molecule has 3 aromatic rings. The van der Waals surface area contributed by atoms with E-state index in [2.05, 4.69) is 5.32 Å². The molecule has 1 saturated carbocycles. The highest BCUT2D eigenvalue weighted by Gasteiger charge is 2.33. The van der Waals surface area contributed by atoms with Gasteiger partial charge in [-0.3, -0.25) is 13.9 Å². The Morgan fingerprint density at radius 2 is 1.63 bits per heavy atom. The number of carbonyl (C=O) groups is 2. The second kappa shape index (κ2) is 13.7. The fraction of sp³-hybridized carbons (Fsp3) is 0.375. The SMILES string of the molecule is COc1ccc(S(=O)(=O)N(CC(=O)N(Cc2cccc(C)c2)[C@H](C)C(=O)NC2CCCCC2)c2ccccc2)cc1. The first-order valence-corrected chi connectivity index (χ1v) is 15.5. The zero-order valence-corrected chi connectivity index (χ0v) is 24.8. The first-order chi connectivity index (χ1) is 19.7. The number of nitrogens with one attached hydrogen (secondary N) is 1. The lowest BCUT2D eigenvalue weighted by Crippen LogP contribution is -2.53. The van der Waals surface area contributed by atoms with Crippen molar-refractivity contribution in [3.63, 3.8) is 0 Å². The van der Waals surface area contributed by atoms with Crippen molar-refractivity contribution in [2.45, 2.75) is 69.5 Å². The molecule has 1 aliphatic rings. The van der Waals surface area contributed by atoms with Gasteiger partial charge in [0.25, 0.3) is 10.0 Å². The fourth-order valence-electron chi connectivity index (χ4n) is 5.16. The molecule has 41 heavy (non-hydrogen) atoms. The van der Waals surface area contributed by atoms with E-state index in [0.717, 1.165) is 47.5 Å². The molecule has 0 saturated heterocycles. The van der Waals surface area contributed by atoms with Gasteiger partial charge in [-0.15, -0.1) is 0 Å². The second-order valence-electron chi connectivity index (χ2n) is 10.6. The monoisotopic (exact) mass is 577 g/mol. The minimum Gasteiger partial charge on any atom is -0.497 e. The lowest BCUT2D eigenvalue weighted by atomic mass is 9.95. The third-order valence-corrected chi connectivity index (χ3v) is 9.31. The van der Waals surface area contributed by atoms with E-state index >= 15 is 0 Å². The number of para-hydroxylation sites is 1. The van der Waals surface area contributed by atoms with Crippen LogP contribution < -0.4 is 14.4 Å². The van der Waals surface area contributed by atoms with Crippen LogP contribution in [-0.2, 0) is 26.2 Å². The zero-order valence-electron chi connectivity index (χ0n) is 24.0. The molecule has 0 aromatic heterocycles. The number of nitrogens with zero attached hydrogens (tertiary/aromatic N) is 2. The predicted octanol–water partition coefficient (Wildman–Crippen LogP) is 5.07. The second-order valence-corrected chi connectivity index (χ2v) is 12.4. The molecule has 218 valence electrons. The Bertz CT molecular complexity index is 1420. The minimum absolute atomic E-state index is 0.0308. The van der Waals surface area contributed by atoms with E-state index in [0.29, 0.717) is 11.4 Å². The highest BCUT2D eigenvalue weighted by molar-refractivity contribution is 7.92. The average Bonchev–Trinajstić information content (AvgIpc) is 2.99. The number of anilines is 1. The number of hydrogen-bond acceptors (Lipinski definition) is 5. The van der Waals surface area contributed by atoms with E-state index < -0.39 is 28.5 Å². The van der Waals surface area contributed by atoms with Crippen molar-refractivity contribution in [1.29, 1.82) is 0 Å². The first kappa shape index (κ1) is 30.1. The normalized spacial score (nSPS) is 14.6. The van der Waals surface area contributed by atoms with Gasteiger partial charge in [-0.05, 0) is 68.7 Å². The number of rotatable bonds is 11. The lowest BCUT2D eigenvalue weighted by molar-refractivity contribution is -0.139. The molecule has 0 heterocycles. The highest BCUT2D eigenvalue weighted by Crippen LogP contribution is 2.26. The predicted molar refractivity (Wildman–Crippen MR) is 160 cm³/mol. The molecule has 0 unspecified atom stereocenters. The van der Waals surface area contributed by atoms with Gasteiger partial charge >= 0.3 is 0 Å². The number of aryl methyl sites for hydroxylation is 1. The Kier molecular flexibility index (Phi) is 10.0. The molecule has 3 aromatic carbocycles. The Labute approximate surface area is 243 Å². The summed E-state index contributed by atoms with van der Waals surface area (Å²) in [5.74, 6) is -0.186. The van der Waals surface area contributed by atoms with Crippen molar-refractivity contribution in [2.75, 3.05) is 18.0 Å². The van der Waals surface area contributed by atoms with E-state index in [1.807, 2.05) is 31.2 Å². The first-order valence-electron chi connectivity index (χ1n) is 14.1. The minimum atomic E-state index is -4.13. The topological polar surface area (TPSA) is 96.0 Å². The Balaban J connectivity index is 1.65. The smallest absolute Gasteiger partial charge is 0.264 e. The molecule has 8 nitrogen and oxygen atoms in total. The molecule has 0 radical (unpaired) electrons. The summed E-state index contributed by atoms with van der Waals surface area (Å²) in [6, 6.07) is 21.6. The summed E-state index contributed by atoms with van der Waals surface area (Å²) in [5, 5.41) is 3.13. The van der Waals surface area contributed by atoms with Crippen LogP contribution in [0.4, 0.5) is 5.69 Å². The van der Waals surface area contributed by atoms with Crippen LogP contribution >= 0.6 is 0 Å². The van der Waals surface area contributed by atoms with Crippen molar-refractivity contribution in [3.8, 4) is 5.75 Å². The number of methoxy groups -OCH3 is 1. The van der Waals surface area contributed by atoms with E-state index in [9.17, 15) is 18.0 Å². The van der Waals surface area contributed by atoms with Crippen molar-refractivity contribution in [1.82, 2.24) is 10.2 Å². The Morgan fingerprint density at radius 1 is 0.951 bits per heavy atom. The van der Waals surface area contributed by atoms with Crippen molar-refractivity contribution in [3.05, 3.63) is 90.0 Å². The summed E-state index contributed by atoms with van der Waals surface area (Å²) in [6.07, 6.45) is 5.15. The van der Waals surface area contributed by atoms with Crippen LogP contribution in [0.2, 0.25) is 0 Å². The summed E-state index contributed by atoms with van der Waals surface area (Å²) in [5.41, 5.74) is 2.24. The van der Waals surface area contributed by atoms with Crippen molar-refractivity contribution < 1.29 is 22.7 Å². The summed E-state index contributed by atoms with van der Waals surface area (Å²) in [7, 11) is -2.62. The molecule has 0 spiro atoms. The third kappa shape index (κ3) is 7.67. The summed E-state index contributed by atoms with van der Waals surface area (Å²) in [4.78, 5) is 29.0. The van der Waals surface area contributed by atoms with Gasteiger partial charge in [0.05, 0.1) is 17.7 Å². The van der Waals surface area contributed by atoms with Crippen molar-refractivity contribution >= 4 is 27.5 Å². The maximum absolute atomic E-state index is 14.1. The van der Waals surface area contributed by atoms with Crippen LogP contribution in [-0.4, -0.2) is 50.9 Å². The van der Waals surface area contributed by atoms with Crippen molar-refractivity contribution in [2.24, 2.45) is 0 Å². The number of benzene rings is 3. The number of hydrogen-bond donors (Lipinski definition) is 1. The Hall–Kier alpha value is -3.85. The fourth-order valence-corrected chi connectivity index (χ4v) is 6.57. The van der Waals surface area contributed by atoms with Gasteiger partial charge in [0.2, 0.25) is 11.8 Å². The molecular formula is C32H39N3O5S. The number of amides is 2. The molecule has 4 rings (SSSR count). The largest absolute Gasteiger partial charge is 0.497 e. The van der Waals surface area contributed by atoms with Gasteiger partial charge in [0, 0.05) is 12.6 Å². The third-order valence-electron chi connectivity index (χ3n) is 7.52. The van der Waals surface area contributed by atoms with Crippen LogP contribution in [0.5, 0.6) is 5.75 Å². The summed E-state index contributed by atoms with van der Waals surface area (Å²) < 4.78 is 34.1. The van der Waals surface area contributed by atoms with Gasteiger partial charge < -0.3 is 15.0 Å². The van der Waals surface area contributed by atoms with E-state index in [1.165, 1.54) is 24.1 Å². The van der Waals surface area contributed by atoms with Gasteiger partial charge in [-0.25, -0.2) is 8.42 Å². The van der Waals surface area contributed by atoms with Gasteiger partial charge in [0.15, 0.2) is 0 Å². The van der Waals surface area contributed by atoms with Gasteiger partial charge in [-0.1, -0.05) is 67.3 Å². The molecule has 0 bridgehead atoms. The van der Waals surface area contributed by atoms with Gasteiger partial charge in [0.1, 0.15) is 18.3 Å². The molecule has 1 fully saturated rings. The molecule has 1 atom stereocenters. The van der Waals surface area contributed by atoms with Gasteiger partial charge in [-0.2, -0.15) is 0 Å². The molecule has 2 amide bonds. The molecule has 0 aliphatic heterocycles. The van der Waals surface area contributed by atoms with Crippen LogP contribution in [0.25, 0.3) is 0 Å². The Morgan fingerprint density at radius 3 is 2.27 bits per heavy atom. The van der Waals surface area contributed by atoms with E-state index in [4.69, 9.17) is 4.74 Å². The lowest BCUT2D eigenvalue weighted by Gasteiger charge is -2.33. The highest BCUT2D eigenvalue weighted by atomic mass is 32.2. The molecule has 9 heteroatoms. The molecule has 1 N–H and O–H groups in total. The zero-order chi connectivity index (χ0) is 29.4. The van der Waals surface area contributed by atoms with Crippen LogP contribution in [0, 0.1) is 6.92 Å². The number of ether oxygens (including phenoxy) is 1. The maximum atomic E-state index is 14.1. The summed E-state index contributed by atoms with van der Waals surface area (Å²) >= 11 is 0. The molecule has 1 aliphatic carbocycles. The van der Waals surface area contributed by atoms with Crippen LogP contribution in [0.3, 0.4) is 0 Å². The summed E-state index contributed by atoms with van der Waals surface area (Å²) in [6.45, 7) is 3.38. The standard InChI is InChI=1S/C32H39N3O5S/c1-24-11-10-12-26(21-24)22-34(25(2)32(37)33-27-13-6-4-7-14-27)31(36)23-35(28-15-8-5-9-16-28)41(38,39)30-19-17-29(40-3)18-20-30/h5,8-12,15-21,25,27H,4,6-7,13-14,22-23H2,1-3H3,(H,33,37)/t25-/m1/s1. The van der Waals surface area contributed by atoms with Crippen LogP contribution in [0.15, 0.2) is 83.8 Å². The van der Waals surface area contributed by atoms with E-state index in [1.54, 1.807) is 49.4 Å². The number of sulfonamides is 1. The number of carbonyl (C=O) groups excluding carboxylic acids is 2. The quantitative estimate of drug-likeness (QED) is 0.344. The maximum Gasteiger partial charge on any atom is 0.264 e.